The Morgan fingerprint density at radius 1 is 1.42 bits per heavy atom. The summed E-state index contributed by atoms with van der Waals surface area (Å²) in [5.41, 5.74) is 1.49. The average Bonchev–Trinajstić information content (AvgIpc) is 3.09. The van der Waals surface area contributed by atoms with Crippen molar-refractivity contribution in [1.29, 1.82) is 0 Å². The van der Waals surface area contributed by atoms with Crippen molar-refractivity contribution in [2.45, 2.75) is 44.2 Å². The van der Waals surface area contributed by atoms with E-state index in [0.29, 0.717) is 23.5 Å². The monoisotopic (exact) mass is 373 g/mol. The van der Waals surface area contributed by atoms with Crippen LogP contribution in [0.5, 0.6) is 0 Å². The van der Waals surface area contributed by atoms with E-state index in [1.165, 1.54) is 10.5 Å². The number of ether oxygens (including phenoxy) is 1. The second-order valence-corrected chi connectivity index (χ2v) is 8.32. The van der Waals surface area contributed by atoms with Gasteiger partial charge in [0.25, 0.3) is 5.56 Å². The smallest absolute Gasteiger partial charge is 0.330 e. The van der Waals surface area contributed by atoms with Gasteiger partial charge in [0, 0.05) is 23.9 Å². The Kier molecular flexibility index (Phi) is 4.02. The molecule has 7 nitrogen and oxygen atoms in total. The van der Waals surface area contributed by atoms with Gasteiger partial charge in [-0.3, -0.25) is 14.0 Å². The minimum absolute atomic E-state index is 0.00278. The summed E-state index contributed by atoms with van der Waals surface area (Å²) in [6.07, 6.45) is 1.22. The molecule has 0 aromatic carbocycles. The first-order chi connectivity index (χ1) is 12.4. The summed E-state index contributed by atoms with van der Waals surface area (Å²) in [7, 11) is 0. The van der Waals surface area contributed by atoms with Gasteiger partial charge in [0.1, 0.15) is 18.3 Å². The van der Waals surface area contributed by atoms with Crippen LogP contribution in [0.1, 0.15) is 31.2 Å². The summed E-state index contributed by atoms with van der Waals surface area (Å²) in [4.78, 5) is 42.7. The Bertz CT molecular complexity index is 973. The Labute approximate surface area is 154 Å². The Balaban J connectivity index is 1.51. The van der Waals surface area contributed by atoms with Crippen LogP contribution in [-0.2, 0) is 20.9 Å². The van der Waals surface area contributed by atoms with E-state index in [0.717, 1.165) is 12.1 Å². The van der Waals surface area contributed by atoms with E-state index < -0.39 is 12.0 Å². The highest BCUT2D eigenvalue weighted by Gasteiger charge is 2.53. The van der Waals surface area contributed by atoms with Crippen molar-refractivity contribution in [3.63, 3.8) is 0 Å². The number of rotatable bonds is 3. The fraction of sp³-hybridized carbons (Fsp3) is 0.444. The molecule has 2 aliphatic rings. The molecule has 0 aliphatic carbocycles. The van der Waals surface area contributed by atoms with Crippen LogP contribution in [0.2, 0.25) is 0 Å². The minimum atomic E-state index is -0.566. The highest BCUT2D eigenvalue weighted by Crippen LogP contribution is 2.47. The van der Waals surface area contributed by atoms with E-state index in [-0.39, 0.29) is 22.9 Å². The fourth-order valence-corrected chi connectivity index (χ4v) is 5.09. The molecule has 0 unspecified atom stereocenters. The number of thioether (sulfide) groups is 1. The predicted octanol–water partition coefficient (Wildman–Crippen LogP) is 1.50. The van der Waals surface area contributed by atoms with Gasteiger partial charge >= 0.3 is 5.97 Å². The average molecular weight is 373 g/mol. The number of hydrogen-bond donors (Lipinski definition) is 0. The van der Waals surface area contributed by atoms with Crippen molar-refractivity contribution in [2.75, 3.05) is 5.75 Å². The van der Waals surface area contributed by atoms with Gasteiger partial charge in [0.15, 0.2) is 0 Å². The summed E-state index contributed by atoms with van der Waals surface area (Å²) in [6, 6.07) is 6.20. The van der Waals surface area contributed by atoms with Crippen LogP contribution in [0, 0.1) is 6.92 Å². The largest absolute Gasteiger partial charge is 0.458 e. The third-order valence-corrected chi connectivity index (χ3v) is 6.52. The molecular weight excluding hydrogens is 354 g/mol. The van der Waals surface area contributed by atoms with Crippen molar-refractivity contribution in [2.24, 2.45) is 0 Å². The first kappa shape index (κ1) is 17.1. The maximum absolute atomic E-state index is 12.5. The maximum Gasteiger partial charge on any atom is 0.330 e. The number of pyridine rings is 1. The van der Waals surface area contributed by atoms with E-state index in [2.05, 4.69) is 4.98 Å². The number of hydrogen-bond acceptors (Lipinski definition) is 6. The number of carbonyl (C=O) groups excluding carboxylic acids is 2. The lowest BCUT2D eigenvalue weighted by Crippen LogP contribution is -2.46. The number of nitrogens with zero attached hydrogens (tertiary/aromatic N) is 3. The van der Waals surface area contributed by atoms with Crippen LogP contribution in [0.4, 0.5) is 0 Å². The standard InChI is InChI=1S/C18H19N3O4S/c1-11-4-3-5-14-19-12(8-16(23)20(11)14)9-25-17(24)13-10-26-18(2)7-6-15(22)21(13)18/h3-5,8,13H,6-7,9-10H2,1-2H3/t13-,18-/m1/s1. The summed E-state index contributed by atoms with van der Waals surface area (Å²) >= 11 is 1.62. The van der Waals surface area contributed by atoms with E-state index in [1.807, 2.05) is 26.0 Å². The minimum Gasteiger partial charge on any atom is -0.458 e. The molecule has 0 radical (unpaired) electrons. The maximum atomic E-state index is 12.5. The van der Waals surface area contributed by atoms with Crippen molar-refractivity contribution < 1.29 is 14.3 Å². The van der Waals surface area contributed by atoms with Crippen LogP contribution in [-0.4, -0.2) is 42.8 Å². The topological polar surface area (TPSA) is 81.0 Å². The Morgan fingerprint density at radius 2 is 2.23 bits per heavy atom. The third-order valence-electron chi connectivity index (χ3n) is 5.01. The summed E-state index contributed by atoms with van der Waals surface area (Å²) in [5, 5.41) is 0. The molecule has 2 aliphatic heterocycles. The van der Waals surface area contributed by atoms with Crippen LogP contribution in [0.3, 0.4) is 0 Å². The lowest BCUT2D eigenvalue weighted by atomic mass is 10.2. The molecule has 0 bridgehead atoms. The molecule has 136 valence electrons. The summed E-state index contributed by atoms with van der Waals surface area (Å²) in [6.45, 7) is 3.74. The lowest BCUT2D eigenvalue weighted by molar-refractivity contribution is -0.154. The lowest BCUT2D eigenvalue weighted by Gasteiger charge is -2.29. The quantitative estimate of drug-likeness (QED) is 0.759. The molecule has 0 spiro atoms. The van der Waals surface area contributed by atoms with Gasteiger partial charge in [-0.05, 0) is 32.4 Å². The molecule has 0 N–H and O–H groups in total. The van der Waals surface area contributed by atoms with Crippen molar-refractivity contribution in [3.05, 3.63) is 46.0 Å². The van der Waals surface area contributed by atoms with Gasteiger partial charge < -0.3 is 9.64 Å². The molecule has 4 rings (SSSR count). The SMILES string of the molecule is Cc1cccc2nc(COC(=O)[C@H]3CS[C@]4(C)CCC(=O)N34)cc(=O)n12. The van der Waals surface area contributed by atoms with E-state index >= 15 is 0 Å². The van der Waals surface area contributed by atoms with E-state index in [1.54, 1.807) is 22.7 Å². The number of amides is 1. The summed E-state index contributed by atoms with van der Waals surface area (Å²) in [5.74, 6) is 0.0911. The van der Waals surface area contributed by atoms with E-state index in [4.69, 9.17) is 4.74 Å². The molecule has 2 atom stereocenters. The molecule has 2 aromatic heterocycles. The zero-order valence-corrected chi connectivity index (χ0v) is 15.4. The molecule has 0 saturated carbocycles. The number of esters is 1. The first-order valence-electron chi connectivity index (χ1n) is 8.50. The molecule has 2 saturated heterocycles. The molecule has 2 fully saturated rings. The Morgan fingerprint density at radius 3 is 3.04 bits per heavy atom. The highest BCUT2D eigenvalue weighted by atomic mass is 32.2. The van der Waals surface area contributed by atoms with Gasteiger partial charge in [0.2, 0.25) is 5.91 Å². The number of fused-ring (bicyclic) bond motifs is 2. The number of aromatic nitrogens is 2. The van der Waals surface area contributed by atoms with Crippen molar-refractivity contribution >= 4 is 29.3 Å². The van der Waals surface area contributed by atoms with Gasteiger partial charge in [0.05, 0.1) is 10.6 Å². The van der Waals surface area contributed by atoms with Gasteiger partial charge in [-0.1, -0.05) is 6.07 Å². The first-order valence-corrected chi connectivity index (χ1v) is 9.49. The van der Waals surface area contributed by atoms with Crippen LogP contribution < -0.4 is 5.56 Å². The van der Waals surface area contributed by atoms with Gasteiger partial charge in [-0.2, -0.15) is 0 Å². The van der Waals surface area contributed by atoms with Crippen LogP contribution in [0.25, 0.3) is 5.65 Å². The zero-order chi connectivity index (χ0) is 18.5. The van der Waals surface area contributed by atoms with Gasteiger partial charge in [-0.15, -0.1) is 11.8 Å². The predicted molar refractivity (Wildman–Crippen MR) is 96.7 cm³/mol. The van der Waals surface area contributed by atoms with Crippen LogP contribution >= 0.6 is 11.8 Å². The third kappa shape index (κ3) is 2.68. The molecule has 4 heterocycles. The molecule has 2 aromatic rings. The molecule has 26 heavy (non-hydrogen) atoms. The fourth-order valence-electron chi connectivity index (χ4n) is 3.67. The summed E-state index contributed by atoms with van der Waals surface area (Å²) < 4.78 is 6.90. The molecule has 8 heteroatoms. The van der Waals surface area contributed by atoms with Crippen LogP contribution in [0.15, 0.2) is 29.1 Å². The Hall–Kier alpha value is -2.35. The highest BCUT2D eigenvalue weighted by molar-refractivity contribution is 8.01. The second-order valence-electron chi connectivity index (χ2n) is 6.82. The van der Waals surface area contributed by atoms with E-state index in [9.17, 15) is 14.4 Å². The zero-order valence-electron chi connectivity index (χ0n) is 14.6. The number of carbonyl (C=O) groups is 2. The van der Waals surface area contributed by atoms with Crippen molar-refractivity contribution in [3.8, 4) is 0 Å². The normalized spacial score (nSPS) is 24.9. The van der Waals surface area contributed by atoms with Gasteiger partial charge in [-0.25, -0.2) is 9.78 Å². The van der Waals surface area contributed by atoms with Crippen molar-refractivity contribution in [1.82, 2.24) is 14.3 Å². The second kappa shape index (κ2) is 6.12. The number of aryl methyl sites for hydroxylation is 1. The molecule has 1 amide bonds. The molecular formula is C18H19N3O4S.